The Bertz CT molecular complexity index is 1670. The topological polar surface area (TPSA) is 92.8 Å². The van der Waals surface area contributed by atoms with E-state index in [1.165, 1.54) is 4.90 Å². The summed E-state index contributed by atoms with van der Waals surface area (Å²) in [5, 5.41) is 0. The van der Waals surface area contributed by atoms with E-state index in [4.69, 9.17) is 28.4 Å². The highest BCUT2D eigenvalue weighted by Gasteiger charge is 2.59. The predicted molar refractivity (Wildman–Crippen MR) is 191 cm³/mol. The number of esters is 1. The second-order valence-corrected chi connectivity index (χ2v) is 14.0. The summed E-state index contributed by atoms with van der Waals surface area (Å²) in [6.07, 6.45) is -2.99. The maximum absolute atomic E-state index is 14.1. The van der Waals surface area contributed by atoms with E-state index < -0.39 is 54.2 Å². The molecule has 6 atom stereocenters. The average Bonchev–Trinajstić information content (AvgIpc) is 3.53. The first-order valence-electron chi connectivity index (χ1n) is 17.6. The van der Waals surface area contributed by atoms with Crippen LogP contribution in [0.1, 0.15) is 49.4 Å². The molecule has 0 bridgehead atoms. The van der Waals surface area contributed by atoms with E-state index in [-0.39, 0.29) is 32.8 Å². The molecule has 0 N–H and O–H groups in total. The number of likely N-dealkylation sites (tertiary alicyclic amines) is 1. The molecule has 2 aliphatic rings. The quantitative estimate of drug-likeness (QED) is 0.135. The molecule has 0 spiro atoms. The van der Waals surface area contributed by atoms with Gasteiger partial charge in [0.15, 0.2) is 0 Å². The van der Waals surface area contributed by atoms with Crippen LogP contribution in [0.5, 0.6) is 0 Å². The Labute approximate surface area is 300 Å². The standard InChI is InChI=1S/C42H47NO8/c1-42(2,3)51-41(45)43-34(40(44)49-28-33-22-14-7-15-23-33)24-35-37(43)39(48-27-32-20-12-6-13-21-32)38(47-26-31-18-10-5-11-19-31)36(50-35)29-46-25-30-16-8-4-9-17-30/h4-23,34-39H,24-29H2,1-3H3/t34-,35-,36?,37?,38-,39+/m0/s1. The molecule has 2 aliphatic heterocycles. The van der Waals surface area contributed by atoms with Gasteiger partial charge in [0.2, 0.25) is 0 Å². The summed E-state index contributed by atoms with van der Waals surface area (Å²) in [5.41, 5.74) is 2.99. The molecule has 0 radical (unpaired) electrons. The molecule has 0 saturated carbocycles. The van der Waals surface area contributed by atoms with E-state index in [1.54, 1.807) is 20.8 Å². The zero-order chi connectivity index (χ0) is 35.6. The van der Waals surface area contributed by atoms with Crippen molar-refractivity contribution in [1.82, 2.24) is 4.90 Å². The van der Waals surface area contributed by atoms with Gasteiger partial charge in [0, 0.05) is 6.42 Å². The first-order chi connectivity index (χ1) is 24.7. The smallest absolute Gasteiger partial charge is 0.411 e. The highest BCUT2D eigenvalue weighted by molar-refractivity contribution is 5.83. The van der Waals surface area contributed by atoms with E-state index in [1.807, 2.05) is 121 Å². The number of hydrogen-bond acceptors (Lipinski definition) is 8. The number of carbonyl (C=O) groups excluding carboxylic acids is 2. The number of benzene rings is 4. The van der Waals surface area contributed by atoms with Crippen LogP contribution >= 0.6 is 0 Å². The first kappa shape index (κ1) is 36.3. The molecule has 1 amide bonds. The Kier molecular flexibility index (Phi) is 12.2. The molecule has 0 aliphatic carbocycles. The van der Waals surface area contributed by atoms with Crippen molar-refractivity contribution < 1.29 is 38.0 Å². The molecular weight excluding hydrogens is 646 g/mol. The molecule has 2 heterocycles. The number of ether oxygens (including phenoxy) is 6. The van der Waals surface area contributed by atoms with Crippen LogP contribution in [0, 0.1) is 0 Å². The van der Waals surface area contributed by atoms with Crippen LogP contribution in [-0.2, 0) is 59.6 Å². The van der Waals surface area contributed by atoms with Crippen LogP contribution < -0.4 is 0 Å². The summed E-state index contributed by atoms with van der Waals surface area (Å²) < 4.78 is 38.3. The Morgan fingerprint density at radius 2 is 1.14 bits per heavy atom. The summed E-state index contributed by atoms with van der Waals surface area (Å²) in [6.45, 7) is 6.59. The summed E-state index contributed by atoms with van der Waals surface area (Å²) in [6, 6.07) is 37.4. The van der Waals surface area contributed by atoms with Crippen molar-refractivity contribution in [1.29, 1.82) is 0 Å². The third kappa shape index (κ3) is 9.83. The fourth-order valence-corrected chi connectivity index (χ4v) is 6.60. The van der Waals surface area contributed by atoms with Gasteiger partial charge in [-0.2, -0.15) is 0 Å². The van der Waals surface area contributed by atoms with E-state index in [0.29, 0.717) is 6.61 Å². The molecule has 2 unspecified atom stereocenters. The third-order valence-corrected chi connectivity index (χ3v) is 8.93. The van der Waals surface area contributed by atoms with Crippen molar-refractivity contribution in [2.75, 3.05) is 6.61 Å². The minimum atomic E-state index is -0.972. The molecule has 6 rings (SSSR count). The van der Waals surface area contributed by atoms with Crippen LogP contribution in [0.3, 0.4) is 0 Å². The Hall–Kier alpha value is -4.54. The molecule has 4 aromatic rings. The van der Waals surface area contributed by atoms with Gasteiger partial charge in [0.25, 0.3) is 0 Å². The summed E-state index contributed by atoms with van der Waals surface area (Å²) in [5.74, 6) is -0.539. The van der Waals surface area contributed by atoms with Crippen LogP contribution in [0.4, 0.5) is 4.79 Å². The molecule has 9 heteroatoms. The van der Waals surface area contributed by atoms with Gasteiger partial charge in [0.05, 0.1) is 38.6 Å². The van der Waals surface area contributed by atoms with Gasteiger partial charge in [-0.3, -0.25) is 4.90 Å². The number of hydrogen-bond donors (Lipinski definition) is 0. The Morgan fingerprint density at radius 3 is 1.65 bits per heavy atom. The molecule has 4 aromatic carbocycles. The number of fused-ring (bicyclic) bond motifs is 1. The predicted octanol–water partition coefficient (Wildman–Crippen LogP) is 7.26. The molecule has 2 fully saturated rings. The van der Waals surface area contributed by atoms with E-state index in [2.05, 4.69) is 0 Å². The number of rotatable bonds is 13. The lowest BCUT2D eigenvalue weighted by atomic mass is 9.92. The molecule has 0 aromatic heterocycles. The zero-order valence-electron chi connectivity index (χ0n) is 29.5. The summed E-state index contributed by atoms with van der Waals surface area (Å²) in [4.78, 5) is 29.5. The largest absolute Gasteiger partial charge is 0.459 e. The average molecular weight is 694 g/mol. The van der Waals surface area contributed by atoms with Gasteiger partial charge in [-0.1, -0.05) is 121 Å². The van der Waals surface area contributed by atoms with Gasteiger partial charge in [0.1, 0.15) is 36.6 Å². The van der Waals surface area contributed by atoms with Gasteiger partial charge in [-0.25, -0.2) is 9.59 Å². The molecule has 51 heavy (non-hydrogen) atoms. The van der Waals surface area contributed by atoms with Crippen molar-refractivity contribution in [2.24, 2.45) is 0 Å². The third-order valence-electron chi connectivity index (χ3n) is 8.93. The first-order valence-corrected chi connectivity index (χ1v) is 17.6. The van der Waals surface area contributed by atoms with E-state index in [0.717, 1.165) is 22.3 Å². The monoisotopic (exact) mass is 693 g/mol. The second-order valence-electron chi connectivity index (χ2n) is 14.0. The van der Waals surface area contributed by atoms with Crippen LogP contribution in [0.2, 0.25) is 0 Å². The zero-order valence-corrected chi connectivity index (χ0v) is 29.5. The fraction of sp³-hybridized carbons (Fsp3) is 0.381. The van der Waals surface area contributed by atoms with Crippen molar-refractivity contribution in [2.45, 2.75) is 95.7 Å². The highest BCUT2D eigenvalue weighted by Crippen LogP contribution is 2.40. The fourth-order valence-electron chi connectivity index (χ4n) is 6.60. The van der Waals surface area contributed by atoms with E-state index >= 15 is 0 Å². The molecule has 2 saturated heterocycles. The molecule has 268 valence electrons. The van der Waals surface area contributed by atoms with Crippen molar-refractivity contribution >= 4 is 12.1 Å². The maximum Gasteiger partial charge on any atom is 0.411 e. The number of nitrogens with zero attached hydrogens (tertiary/aromatic N) is 1. The lowest BCUT2D eigenvalue weighted by Gasteiger charge is -2.46. The van der Waals surface area contributed by atoms with Crippen LogP contribution in [0.25, 0.3) is 0 Å². The minimum Gasteiger partial charge on any atom is -0.459 e. The second kappa shape index (κ2) is 17.1. The molecular formula is C42H47NO8. The lowest BCUT2D eigenvalue weighted by molar-refractivity contribution is -0.234. The van der Waals surface area contributed by atoms with Crippen LogP contribution in [-0.4, -0.2) is 65.7 Å². The maximum atomic E-state index is 14.1. The van der Waals surface area contributed by atoms with Gasteiger partial charge in [-0.05, 0) is 43.0 Å². The number of amides is 1. The lowest BCUT2D eigenvalue weighted by Crippen LogP contribution is -2.64. The van der Waals surface area contributed by atoms with E-state index in [9.17, 15) is 9.59 Å². The highest BCUT2D eigenvalue weighted by atomic mass is 16.6. The SMILES string of the molecule is CC(C)(C)OC(=O)N1C2[C@H](C[C@H]1C(=O)OCc1ccccc1)OC(COCc1ccccc1)[C@H](OCc1ccccc1)[C@@H]2OCc1ccccc1. The summed E-state index contributed by atoms with van der Waals surface area (Å²) in [7, 11) is 0. The Balaban J connectivity index is 1.33. The van der Waals surface area contributed by atoms with Crippen LogP contribution in [0.15, 0.2) is 121 Å². The van der Waals surface area contributed by atoms with Gasteiger partial charge < -0.3 is 28.4 Å². The van der Waals surface area contributed by atoms with Gasteiger partial charge >= 0.3 is 12.1 Å². The van der Waals surface area contributed by atoms with Gasteiger partial charge in [-0.15, -0.1) is 0 Å². The molecule has 9 nitrogen and oxygen atoms in total. The van der Waals surface area contributed by atoms with Crippen molar-refractivity contribution in [3.63, 3.8) is 0 Å². The van der Waals surface area contributed by atoms with Crippen molar-refractivity contribution in [3.8, 4) is 0 Å². The normalized spacial score (nSPS) is 23.0. The Morgan fingerprint density at radius 1 is 0.667 bits per heavy atom. The summed E-state index contributed by atoms with van der Waals surface area (Å²) >= 11 is 0. The van der Waals surface area contributed by atoms with Crippen molar-refractivity contribution in [3.05, 3.63) is 144 Å². The minimum absolute atomic E-state index is 0.0707. The number of carbonyl (C=O) groups is 2.